The number of hydrogen-bond donors (Lipinski definition) is 4. The summed E-state index contributed by atoms with van der Waals surface area (Å²) < 4.78 is 4.62. The Bertz CT molecular complexity index is 1210. The summed E-state index contributed by atoms with van der Waals surface area (Å²) in [5.41, 5.74) is 3.84. The number of nitrogens with one attached hydrogen (secondary N) is 4. The number of rotatable bonds is 8. The minimum absolute atomic E-state index is 0.0802. The summed E-state index contributed by atoms with van der Waals surface area (Å²) in [5.74, 6) is -1.19. The van der Waals surface area contributed by atoms with Crippen LogP contribution < -0.4 is 21.3 Å². The number of benzene rings is 3. The zero-order valence-electron chi connectivity index (χ0n) is 19.4. The molecule has 180 valence electrons. The Hall–Kier alpha value is -4.66. The van der Waals surface area contributed by atoms with Gasteiger partial charge in [-0.15, -0.1) is 0 Å². The van der Waals surface area contributed by atoms with Crippen LogP contribution in [0.1, 0.15) is 21.5 Å². The molecule has 4 N–H and O–H groups in total. The Kier molecular flexibility index (Phi) is 8.55. The van der Waals surface area contributed by atoms with Crippen LogP contribution >= 0.6 is 0 Å². The van der Waals surface area contributed by atoms with Crippen molar-refractivity contribution in [1.29, 1.82) is 0 Å². The quantitative estimate of drug-likeness (QED) is 0.370. The molecule has 0 unspecified atom stereocenters. The number of para-hydroxylation sites is 1. The van der Waals surface area contributed by atoms with Crippen LogP contribution in [0, 0.1) is 6.92 Å². The fraction of sp³-hybridized carbons (Fsp3) is 0.154. The summed E-state index contributed by atoms with van der Waals surface area (Å²) in [5, 5.41) is 10.7. The third-order valence-corrected chi connectivity index (χ3v) is 5.01. The van der Waals surface area contributed by atoms with E-state index in [0.29, 0.717) is 16.9 Å². The summed E-state index contributed by atoms with van der Waals surface area (Å²) in [6.45, 7) is 1.71. The Morgan fingerprint density at radius 3 is 2.03 bits per heavy atom. The molecule has 0 aliphatic rings. The van der Waals surface area contributed by atoms with E-state index in [1.54, 1.807) is 36.4 Å². The van der Waals surface area contributed by atoms with Crippen molar-refractivity contribution in [1.82, 2.24) is 5.32 Å². The molecule has 0 heterocycles. The number of ether oxygens (including phenoxy) is 1. The molecule has 0 bridgehead atoms. The zero-order chi connectivity index (χ0) is 25.2. The van der Waals surface area contributed by atoms with Crippen molar-refractivity contribution in [2.24, 2.45) is 0 Å². The summed E-state index contributed by atoms with van der Waals surface area (Å²) in [7, 11) is 1.29. The van der Waals surface area contributed by atoms with Gasteiger partial charge in [-0.05, 0) is 60.5 Å². The molecule has 3 aromatic rings. The molecule has 35 heavy (non-hydrogen) atoms. The smallest absolute Gasteiger partial charge is 0.337 e. The van der Waals surface area contributed by atoms with E-state index in [2.05, 4.69) is 26.0 Å². The Balaban J connectivity index is 1.42. The summed E-state index contributed by atoms with van der Waals surface area (Å²) in [4.78, 5) is 47.9. The number of amides is 4. The average molecular weight is 475 g/mol. The first-order valence-corrected chi connectivity index (χ1v) is 10.8. The number of hydrogen-bond acceptors (Lipinski definition) is 5. The van der Waals surface area contributed by atoms with E-state index in [4.69, 9.17) is 0 Å². The lowest BCUT2D eigenvalue weighted by Crippen LogP contribution is -2.33. The molecule has 9 heteroatoms. The molecule has 3 aromatic carbocycles. The second-order valence-corrected chi connectivity index (χ2v) is 7.66. The topological polar surface area (TPSA) is 126 Å². The maximum absolute atomic E-state index is 12.2. The predicted molar refractivity (Wildman–Crippen MR) is 133 cm³/mol. The standard InChI is InChI=1S/C26H26N4O5/c1-17-5-3-4-6-22(17)30-26(34)29-21-11-7-18(8-12-21)15-23(31)27-16-24(32)28-20-13-9-19(10-14-20)25(33)35-2/h3-14H,15-16H2,1-2H3,(H,27,31)(H,28,32)(H2,29,30,34). The maximum atomic E-state index is 12.2. The van der Waals surface area contributed by atoms with E-state index < -0.39 is 11.9 Å². The third kappa shape index (κ3) is 7.71. The second kappa shape index (κ2) is 12.0. The molecule has 0 saturated carbocycles. The molecule has 0 aliphatic heterocycles. The molecule has 0 aliphatic carbocycles. The lowest BCUT2D eigenvalue weighted by atomic mass is 10.1. The normalized spacial score (nSPS) is 10.1. The van der Waals surface area contributed by atoms with Gasteiger partial charge in [-0.1, -0.05) is 30.3 Å². The van der Waals surface area contributed by atoms with Gasteiger partial charge in [0.15, 0.2) is 0 Å². The van der Waals surface area contributed by atoms with Gasteiger partial charge < -0.3 is 26.0 Å². The van der Waals surface area contributed by atoms with E-state index in [-0.39, 0.29) is 24.9 Å². The largest absolute Gasteiger partial charge is 0.465 e. The molecular formula is C26H26N4O5. The number of methoxy groups -OCH3 is 1. The first-order valence-electron chi connectivity index (χ1n) is 10.8. The SMILES string of the molecule is COC(=O)c1ccc(NC(=O)CNC(=O)Cc2ccc(NC(=O)Nc3ccccc3C)cc2)cc1. The fourth-order valence-corrected chi connectivity index (χ4v) is 3.14. The van der Waals surface area contributed by atoms with Crippen LogP contribution in [0.15, 0.2) is 72.8 Å². The van der Waals surface area contributed by atoms with Gasteiger partial charge >= 0.3 is 12.0 Å². The first-order chi connectivity index (χ1) is 16.8. The van der Waals surface area contributed by atoms with Crippen molar-refractivity contribution in [3.8, 4) is 0 Å². The molecule has 9 nitrogen and oxygen atoms in total. The first kappa shape index (κ1) is 25.0. The average Bonchev–Trinajstić information content (AvgIpc) is 2.85. The van der Waals surface area contributed by atoms with Gasteiger partial charge in [-0.3, -0.25) is 9.59 Å². The van der Waals surface area contributed by atoms with Crippen molar-refractivity contribution in [2.45, 2.75) is 13.3 Å². The molecule has 0 atom stereocenters. The summed E-state index contributed by atoms with van der Waals surface area (Å²) in [6, 6.07) is 20.2. The van der Waals surface area contributed by atoms with E-state index >= 15 is 0 Å². The number of urea groups is 1. The number of carbonyl (C=O) groups is 4. The highest BCUT2D eigenvalue weighted by atomic mass is 16.5. The van der Waals surface area contributed by atoms with E-state index in [0.717, 1.165) is 16.8 Å². The second-order valence-electron chi connectivity index (χ2n) is 7.66. The van der Waals surface area contributed by atoms with Crippen LogP contribution in [0.3, 0.4) is 0 Å². The lowest BCUT2D eigenvalue weighted by molar-refractivity contribution is -0.123. The van der Waals surface area contributed by atoms with Gasteiger partial charge in [0.25, 0.3) is 0 Å². The van der Waals surface area contributed by atoms with Crippen molar-refractivity contribution >= 4 is 40.9 Å². The van der Waals surface area contributed by atoms with Gasteiger partial charge in [-0.2, -0.15) is 0 Å². The number of carbonyl (C=O) groups excluding carboxylic acids is 4. The van der Waals surface area contributed by atoms with Gasteiger partial charge in [-0.25, -0.2) is 9.59 Å². The summed E-state index contributed by atoms with van der Waals surface area (Å²) >= 11 is 0. The minimum atomic E-state index is -0.468. The van der Waals surface area contributed by atoms with Crippen LogP contribution in [0.25, 0.3) is 0 Å². The Morgan fingerprint density at radius 1 is 0.743 bits per heavy atom. The number of esters is 1. The van der Waals surface area contributed by atoms with Crippen LogP contribution in [-0.2, 0) is 20.7 Å². The highest BCUT2D eigenvalue weighted by Gasteiger charge is 2.10. The molecule has 4 amide bonds. The molecular weight excluding hydrogens is 448 g/mol. The summed E-state index contributed by atoms with van der Waals surface area (Å²) in [6.07, 6.45) is 0.0802. The molecule has 0 radical (unpaired) electrons. The van der Waals surface area contributed by atoms with Crippen LogP contribution in [0.4, 0.5) is 21.9 Å². The zero-order valence-corrected chi connectivity index (χ0v) is 19.4. The van der Waals surface area contributed by atoms with Gasteiger partial charge in [0, 0.05) is 17.1 Å². The van der Waals surface area contributed by atoms with Crippen molar-refractivity contribution in [3.63, 3.8) is 0 Å². The number of anilines is 3. The minimum Gasteiger partial charge on any atom is -0.465 e. The van der Waals surface area contributed by atoms with Crippen molar-refractivity contribution in [3.05, 3.63) is 89.5 Å². The molecule has 0 aromatic heterocycles. The van der Waals surface area contributed by atoms with Crippen LogP contribution in [-0.4, -0.2) is 37.5 Å². The van der Waals surface area contributed by atoms with Crippen LogP contribution in [0.5, 0.6) is 0 Å². The maximum Gasteiger partial charge on any atom is 0.337 e. The van der Waals surface area contributed by atoms with Crippen LogP contribution in [0.2, 0.25) is 0 Å². The van der Waals surface area contributed by atoms with Crippen molar-refractivity contribution in [2.75, 3.05) is 29.6 Å². The monoisotopic (exact) mass is 474 g/mol. The molecule has 3 rings (SSSR count). The van der Waals surface area contributed by atoms with Crippen molar-refractivity contribution < 1.29 is 23.9 Å². The highest BCUT2D eigenvalue weighted by molar-refractivity contribution is 6.00. The van der Waals surface area contributed by atoms with E-state index in [1.165, 1.54) is 19.2 Å². The predicted octanol–water partition coefficient (Wildman–Crippen LogP) is 3.72. The van der Waals surface area contributed by atoms with E-state index in [1.807, 2.05) is 31.2 Å². The Labute approximate surface area is 202 Å². The Morgan fingerprint density at radius 2 is 1.37 bits per heavy atom. The van der Waals surface area contributed by atoms with Gasteiger partial charge in [0.2, 0.25) is 11.8 Å². The lowest BCUT2D eigenvalue weighted by Gasteiger charge is -2.10. The number of aryl methyl sites for hydroxylation is 1. The molecule has 0 saturated heterocycles. The molecule has 0 fully saturated rings. The van der Waals surface area contributed by atoms with Gasteiger partial charge in [0.05, 0.1) is 25.6 Å². The third-order valence-electron chi connectivity index (χ3n) is 5.01. The van der Waals surface area contributed by atoms with E-state index in [9.17, 15) is 19.2 Å². The van der Waals surface area contributed by atoms with Gasteiger partial charge in [0.1, 0.15) is 0 Å². The fourth-order valence-electron chi connectivity index (χ4n) is 3.14. The molecule has 0 spiro atoms. The highest BCUT2D eigenvalue weighted by Crippen LogP contribution is 2.15.